The number of aromatic nitrogens is 2. The van der Waals surface area contributed by atoms with E-state index < -0.39 is 50.5 Å². The van der Waals surface area contributed by atoms with Crippen LogP contribution in [0.3, 0.4) is 0 Å². The first-order chi connectivity index (χ1) is 11.8. The molecule has 2 aromatic carbocycles. The number of nitrogens with one attached hydrogen (secondary N) is 1. The van der Waals surface area contributed by atoms with Crippen molar-refractivity contribution in [3.8, 4) is 11.4 Å². The molecule has 0 aliphatic carbocycles. The molecule has 0 aliphatic heterocycles. The van der Waals surface area contributed by atoms with Gasteiger partial charge < -0.3 is 9.72 Å². The normalized spacial score (nSPS) is 11.1. The summed E-state index contributed by atoms with van der Waals surface area (Å²) in [5.74, 6) is -4.95. The van der Waals surface area contributed by atoms with Crippen molar-refractivity contribution in [1.82, 2.24) is 9.55 Å². The molecule has 1 heterocycles. The van der Waals surface area contributed by atoms with E-state index in [9.17, 15) is 28.1 Å². The molecule has 0 atom stereocenters. The second-order valence-corrected chi connectivity index (χ2v) is 6.10. The van der Waals surface area contributed by atoms with Gasteiger partial charge in [0.1, 0.15) is 16.9 Å². The van der Waals surface area contributed by atoms with Gasteiger partial charge in [0.05, 0.1) is 17.7 Å². The summed E-state index contributed by atoms with van der Waals surface area (Å²) in [7, 11) is 0.991. The maximum atomic E-state index is 14.3. The molecule has 0 aliphatic rings. The molecule has 0 bridgehead atoms. The van der Waals surface area contributed by atoms with E-state index in [1.807, 2.05) is 27.6 Å². The number of benzene rings is 2. The molecule has 3 rings (SSSR count). The standard InChI is InChI=1S/C14H7F3IN3O4/c1-25-13-11(21(23)24)9(17)8(16)10-12(13)20(14(22)19-10)7-3-2-5(18)4-6(7)15/h2-4H,1H3,(H,19,22). The largest absolute Gasteiger partial charge is 0.489 e. The number of H-pyrrole nitrogens is 1. The number of nitrogens with zero attached hydrogens (tertiary/aromatic N) is 2. The van der Waals surface area contributed by atoms with Gasteiger partial charge >= 0.3 is 11.4 Å². The van der Waals surface area contributed by atoms with Crippen molar-refractivity contribution in [3.63, 3.8) is 0 Å². The van der Waals surface area contributed by atoms with Gasteiger partial charge in [-0.15, -0.1) is 0 Å². The molecule has 0 saturated carbocycles. The molecule has 0 spiro atoms. The minimum atomic E-state index is -1.79. The molecule has 0 amide bonds. The van der Waals surface area contributed by atoms with E-state index in [0.717, 1.165) is 13.2 Å². The van der Waals surface area contributed by atoms with E-state index in [1.54, 1.807) is 0 Å². The van der Waals surface area contributed by atoms with Crippen molar-refractivity contribution in [2.75, 3.05) is 7.11 Å². The Morgan fingerprint density at radius 2 is 1.96 bits per heavy atom. The highest BCUT2D eigenvalue weighted by Crippen LogP contribution is 2.39. The fraction of sp³-hybridized carbons (Fsp3) is 0.0714. The van der Waals surface area contributed by atoms with Crippen LogP contribution in [-0.2, 0) is 0 Å². The first-order valence-electron chi connectivity index (χ1n) is 6.57. The predicted molar refractivity (Wildman–Crippen MR) is 89.7 cm³/mol. The highest BCUT2D eigenvalue weighted by Gasteiger charge is 2.33. The van der Waals surface area contributed by atoms with Gasteiger partial charge in [0.2, 0.25) is 11.6 Å². The van der Waals surface area contributed by atoms with Crippen molar-refractivity contribution in [1.29, 1.82) is 0 Å². The summed E-state index contributed by atoms with van der Waals surface area (Å²) in [6.45, 7) is 0. The van der Waals surface area contributed by atoms with Crippen molar-refractivity contribution in [2.24, 2.45) is 0 Å². The molecule has 0 unspecified atom stereocenters. The molecular weight excluding hydrogens is 458 g/mol. The lowest BCUT2D eigenvalue weighted by molar-refractivity contribution is -0.388. The number of nitro benzene ring substituents is 1. The Hall–Kier alpha value is -2.57. The van der Waals surface area contributed by atoms with Gasteiger partial charge in [-0.2, -0.15) is 4.39 Å². The van der Waals surface area contributed by atoms with Gasteiger partial charge in [-0.25, -0.2) is 13.6 Å². The number of imidazole rings is 1. The molecule has 1 aromatic heterocycles. The van der Waals surface area contributed by atoms with Crippen LogP contribution >= 0.6 is 22.6 Å². The van der Waals surface area contributed by atoms with Crippen LogP contribution in [0.2, 0.25) is 0 Å². The van der Waals surface area contributed by atoms with Gasteiger partial charge in [-0.3, -0.25) is 14.7 Å². The van der Waals surface area contributed by atoms with Crippen LogP contribution in [0.4, 0.5) is 18.9 Å². The second kappa shape index (κ2) is 6.06. The quantitative estimate of drug-likeness (QED) is 0.366. The topological polar surface area (TPSA) is 90.2 Å². The zero-order valence-electron chi connectivity index (χ0n) is 12.3. The van der Waals surface area contributed by atoms with E-state index in [0.29, 0.717) is 8.14 Å². The third-order valence-electron chi connectivity index (χ3n) is 3.48. The predicted octanol–water partition coefficient (Wildman–Crippen LogP) is 3.26. The highest BCUT2D eigenvalue weighted by atomic mass is 127. The summed E-state index contributed by atoms with van der Waals surface area (Å²) in [6.07, 6.45) is 0. The molecule has 11 heteroatoms. The summed E-state index contributed by atoms with van der Waals surface area (Å²) in [5.41, 5.74) is -3.73. The summed E-state index contributed by atoms with van der Waals surface area (Å²) >= 11 is 1.85. The van der Waals surface area contributed by atoms with Gasteiger partial charge in [-0.05, 0) is 40.8 Å². The molecular formula is C14H7F3IN3O4. The van der Waals surface area contributed by atoms with E-state index in [1.165, 1.54) is 12.1 Å². The van der Waals surface area contributed by atoms with Crippen LogP contribution in [0, 0.1) is 31.1 Å². The number of methoxy groups -OCH3 is 1. The molecule has 0 saturated heterocycles. The molecule has 0 radical (unpaired) electrons. The molecule has 7 nitrogen and oxygen atoms in total. The summed E-state index contributed by atoms with van der Waals surface area (Å²) < 4.78 is 48.5. The zero-order chi connectivity index (χ0) is 18.5. The number of aromatic amines is 1. The Labute approximate surface area is 150 Å². The van der Waals surface area contributed by atoms with E-state index in [2.05, 4.69) is 0 Å². The van der Waals surface area contributed by atoms with Crippen molar-refractivity contribution in [3.05, 3.63) is 59.8 Å². The Morgan fingerprint density at radius 1 is 1.28 bits per heavy atom. The second-order valence-electron chi connectivity index (χ2n) is 4.85. The fourth-order valence-electron chi connectivity index (χ4n) is 2.48. The zero-order valence-corrected chi connectivity index (χ0v) is 14.4. The van der Waals surface area contributed by atoms with E-state index >= 15 is 0 Å². The lowest BCUT2D eigenvalue weighted by Crippen LogP contribution is -2.16. The molecule has 130 valence electrons. The maximum Gasteiger partial charge on any atom is 0.351 e. The van der Waals surface area contributed by atoms with Crippen LogP contribution in [-0.4, -0.2) is 21.6 Å². The molecule has 3 aromatic rings. The average Bonchev–Trinajstić information content (AvgIpc) is 2.87. The lowest BCUT2D eigenvalue weighted by atomic mass is 10.2. The van der Waals surface area contributed by atoms with Gasteiger partial charge in [0, 0.05) is 3.57 Å². The van der Waals surface area contributed by atoms with Crippen molar-refractivity contribution < 1.29 is 22.8 Å². The number of halogens is 4. The van der Waals surface area contributed by atoms with Crippen molar-refractivity contribution >= 4 is 39.3 Å². The van der Waals surface area contributed by atoms with Crippen LogP contribution in [0.5, 0.6) is 5.75 Å². The van der Waals surface area contributed by atoms with E-state index in [-0.39, 0.29) is 5.69 Å². The van der Waals surface area contributed by atoms with Crippen LogP contribution in [0.1, 0.15) is 0 Å². The lowest BCUT2D eigenvalue weighted by Gasteiger charge is -2.10. The molecule has 25 heavy (non-hydrogen) atoms. The van der Waals surface area contributed by atoms with Gasteiger partial charge in [0.15, 0.2) is 5.82 Å². The SMILES string of the molecule is COc1c([N+](=O)[O-])c(F)c(F)c2[nH]c(=O)n(-c3ccc(I)cc3F)c12. The van der Waals surface area contributed by atoms with Gasteiger partial charge in [0.25, 0.3) is 0 Å². The first kappa shape index (κ1) is 17.3. The van der Waals surface area contributed by atoms with Crippen LogP contribution in [0.15, 0.2) is 23.0 Å². The first-order valence-corrected chi connectivity index (χ1v) is 7.65. The summed E-state index contributed by atoms with van der Waals surface area (Å²) in [5, 5.41) is 11.1. The summed E-state index contributed by atoms with van der Waals surface area (Å²) in [4.78, 5) is 24.2. The van der Waals surface area contributed by atoms with Crippen LogP contribution in [0.25, 0.3) is 16.7 Å². The Morgan fingerprint density at radius 3 is 2.52 bits per heavy atom. The van der Waals surface area contributed by atoms with Crippen molar-refractivity contribution in [2.45, 2.75) is 0 Å². The van der Waals surface area contributed by atoms with Crippen LogP contribution < -0.4 is 10.4 Å². The minimum absolute atomic E-state index is 0.296. The third kappa shape index (κ3) is 2.54. The number of rotatable bonds is 3. The third-order valence-corrected chi connectivity index (χ3v) is 4.15. The monoisotopic (exact) mass is 465 g/mol. The highest BCUT2D eigenvalue weighted by molar-refractivity contribution is 14.1. The number of fused-ring (bicyclic) bond motifs is 1. The summed E-state index contributed by atoms with van der Waals surface area (Å²) in [6, 6.07) is 3.82. The van der Waals surface area contributed by atoms with E-state index in [4.69, 9.17) is 4.74 Å². The Balaban J connectivity index is 2.56. The number of hydrogen-bond donors (Lipinski definition) is 1. The average molecular weight is 465 g/mol. The Kier molecular flexibility index (Phi) is 4.18. The molecule has 0 fully saturated rings. The smallest absolute Gasteiger partial charge is 0.351 e. The van der Waals surface area contributed by atoms with Gasteiger partial charge in [-0.1, -0.05) is 0 Å². The molecule has 1 N–H and O–H groups in total. The fourth-order valence-corrected chi connectivity index (χ4v) is 2.94. The minimum Gasteiger partial charge on any atom is -0.489 e. The number of nitro groups is 1. The number of ether oxygens (including phenoxy) is 1. The Bertz CT molecular complexity index is 1090. The maximum absolute atomic E-state index is 14.3. The number of hydrogen-bond acceptors (Lipinski definition) is 4.